The smallest absolute Gasteiger partial charge is 0.248 e. The highest BCUT2D eigenvalue weighted by Crippen LogP contribution is 2.52. The van der Waals surface area contributed by atoms with Crippen LogP contribution < -0.4 is 19.5 Å². The van der Waals surface area contributed by atoms with Gasteiger partial charge in [0.2, 0.25) is 18.4 Å². The van der Waals surface area contributed by atoms with Crippen molar-refractivity contribution in [3.05, 3.63) is 53.1 Å². The Labute approximate surface area is 158 Å². The van der Waals surface area contributed by atoms with E-state index in [9.17, 15) is 4.79 Å². The number of hydrogen-bond acceptors (Lipinski definition) is 5. The number of nitrogens with one attached hydrogen (secondary N) is 1. The Morgan fingerprint density at radius 2 is 1.96 bits per heavy atom. The van der Waals surface area contributed by atoms with Gasteiger partial charge in [0, 0.05) is 24.7 Å². The second-order valence-electron chi connectivity index (χ2n) is 6.65. The van der Waals surface area contributed by atoms with Crippen LogP contribution in [0.1, 0.15) is 16.7 Å². The fourth-order valence-electron chi connectivity index (χ4n) is 3.54. The molecule has 2 aliphatic heterocycles. The van der Waals surface area contributed by atoms with Crippen LogP contribution in [0, 0.1) is 0 Å². The third-order valence-corrected chi connectivity index (χ3v) is 4.84. The lowest BCUT2D eigenvalue weighted by Crippen LogP contribution is -2.28. The standard InChI is InChI=1S/C21H22N2O4/c1-23-11-10-15-16(12-23)19(25-2)21-20(26-13-27-21)18(15)22-17(24)9-8-14-6-4-3-5-7-14/h3-9H,10-13H2,1-2H3,(H,22,24)/b9-8+. The zero-order chi connectivity index (χ0) is 18.8. The van der Waals surface area contributed by atoms with Crippen molar-refractivity contribution in [2.24, 2.45) is 0 Å². The van der Waals surface area contributed by atoms with Crippen LogP contribution in [0.15, 0.2) is 36.4 Å². The predicted molar refractivity (Wildman–Crippen MR) is 103 cm³/mol. The Kier molecular flexibility index (Phi) is 4.73. The van der Waals surface area contributed by atoms with Gasteiger partial charge in [0.05, 0.1) is 12.8 Å². The van der Waals surface area contributed by atoms with Crippen molar-refractivity contribution in [3.8, 4) is 17.2 Å². The number of carbonyl (C=O) groups excluding carboxylic acids is 1. The highest BCUT2D eigenvalue weighted by molar-refractivity contribution is 6.04. The van der Waals surface area contributed by atoms with E-state index in [1.54, 1.807) is 13.2 Å². The number of nitrogens with zero attached hydrogens (tertiary/aromatic N) is 1. The molecule has 140 valence electrons. The van der Waals surface area contributed by atoms with Crippen LogP contribution in [0.3, 0.4) is 0 Å². The summed E-state index contributed by atoms with van der Waals surface area (Å²) in [4.78, 5) is 14.8. The maximum atomic E-state index is 12.6. The number of amides is 1. The Bertz CT molecular complexity index is 893. The van der Waals surface area contributed by atoms with Crippen molar-refractivity contribution in [2.45, 2.75) is 13.0 Å². The summed E-state index contributed by atoms with van der Waals surface area (Å²) in [6.07, 6.45) is 4.12. The number of carbonyl (C=O) groups is 1. The molecule has 0 aromatic heterocycles. The summed E-state index contributed by atoms with van der Waals surface area (Å²) < 4.78 is 16.9. The molecule has 2 aromatic carbocycles. The molecule has 27 heavy (non-hydrogen) atoms. The summed E-state index contributed by atoms with van der Waals surface area (Å²) in [5, 5.41) is 3.00. The number of methoxy groups -OCH3 is 1. The van der Waals surface area contributed by atoms with Gasteiger partial charge in [-0.1, -0.05) is 30.3 Å². The predicted octanol–water partition coefficient (Wildman–Crippen LogP) is 3.06. The van der Waals surface area contributed by atoms with Crippen LogP contribution in [0.5, 0.6) is 17.2 Å². The van der Waals surface area contributed by atoms with Gasteiger partial charge in [-0.25, -0.2) is 0 Å². The van der Waals surface area contributed by atoms with Gasteiger partial charge in [-0.05, 0) is 30.7 Å². The molecule has 0 aliphatic carbocycles. The van der Waals surface area contributed by atoms with Crippen LogP contribution in [0.2, 0.25) is 0 Å². The molecular weight excluding hydrogens is 344 g/mol. The molecule has 0 unspecified atom stereocenters. The molecule has 0 bridgehead atoms. The maximum Gasteiger partial charge on any atom is 0.248 e. The summed E-state index contributed by atoms with van der Waals surface area (Å²) in [7, 11) is 3.70. The zero-order valence-corrected chi connectivity index (χ0v) is 15.5. The Hall–Kier alpha value is -2.99. The SMILES string of the molecule is COc1c2c(c(NC(=O)/C=C/c3ccccc3)c3c1OCO3)CCN(C)C2. The number of fused-ring (bicyclic) bond motifs is 2. The van der Waals surface area contributed by atoms with Gasteiger partial charge in [-0.2, -0.15) is 0 Å². The van der Waals surface area contributed by atoms with Crippen LogP contribution >= 0.6 is 0 Å². The number of likely N-dealkylation sites (N-methyl/N-ethyl adjacent to an activating group) is 1. The topological polar surface area (TPSA) is 60.0 Å². The molecule has 6 heteroatoms. The van der Waals surface area contributed by atoms with E-state index in [0.717, 1.165) is 36.2 Å². The van der Waals surface area contributed by atoms with E-state index in [2.05, 4.69) is 17.3 Å². The molecule has 6 nitrogen and oxygen atoms in total. The van der Waals surface area contributed by atoms with E-state index in [-0.39, 0.29) is 12.7 Å². The first-order chi connectivity index (χ1) is 13.2. The molecule has 0 atom stereocenters. The van der Waals surface area contributed by atoms with Crippen molar-refractivity contribution in [1.29, 1.82) is 0 Å². The second-order valence-corrected chi connectivity index (χ2v) is 6.65. The van der Waals surface area contributed by atoms with E-state index in [4.69, 9.17) is 14.2 Å². The summed E-state index contributed by atoms with van der Waals surface area (Å²) in [5.74, 6) is 1.61. The molecule has 1 amide bonds. The zero-order valence-electron chi connectivity index (χ0n) is 15.5. The van der Waals surface area contributed by atoms with Gasteiger partial charge in [0.1, 0.15) is 0 Å². The van der Waals surface area contributed by atoms with Crippen molar-refractivity contribution in [1.82, 2.24) is 4.90 Å². The van der Waals surface area contributed by atoms with Crippen molar-refractivity contribution in [3.63, 3.8) is 0 Å². The highest BCUT2D eigenvalue weighted by atomic mass is 16.7. The summed E-state index contributed by atoms with van der Waals surface area (Å²) in [5.41, 5.74) is 3.75. The van der Waals surface area contributed by atoms with Gasteiger partial charge in [-0.15, -0.1) is 0 Å². The second kappa shape index (κ2) is 7.32. The fourth-order valence-corrected chi connectivity index (χ4v) is 3.54. The molecule has 0 saturated carbocycles. The van der Waals surface area contributed by atoms with E-state index >= 15 is 0 Å². The van der Waals surface area contributed by atoms with Crippen molar-refractivity contribution < 1.29 is 19.0 Å². The molecule has 4 rings (SSSR count). The van der Waals surface area contributed by atoms with Gasteiger partial charge in [0.15, 0.2) is 11.5 Å². The average Bonchev–Trinajstić information content (AvgIpc) is 3.16. The molecular formula is C21H22N2O4. The Morgan fingerprint density at radius 1 is 1.19 bits per heavy atom. The lowest BCUT2D eigenvalue weighted by molar-refractivity contribution is -0.111. The first kappa shape index (κ1) is 17.4. The van der Waals surface area contributed by atoms with E-state index in [1.165, 1.54) is 6.08 Å². The number of anilines is 1. The van der Waals surface area contributed by atoms with Crippen molar-refractivity contribution in [2.75, 3.05) is 32.8 Å². The van der Waals surface area contributed by atoms with Gasteiger partial charge < -0.3 is 24.4 Å². The number of hydrogen-bond donors (Lipinski definition) is 1. The Morgan fingerprint density at radius 3 is 2.74 bits per heavy atom. The van der Waals surface area contributed by atoms with E-state index < -0.39 is 0 Å². The normalized spacial score (nSPS) is 15.6. The van der Waals surface area contributed by atoms with Gasteiger partial charge in [-0.3, -0.25) is 4.79 Å². The lowest BCUT2D eigenvalue weighted by atomic mass is 9.95. The largest absolute Gasteiger partial charge is 0.492 e. The molecule has 2 aliphatic rings. The van der Waals surface area contributed by atoms with E-state index in [0.29, 0.717) is 22.9 Å². The van der Waals surface area contributed by atoms with E-state index in [1.807, 2.05) is 30.3 Å². The first-order valence-electron chi connectivity index (χ1n) is 8.91. The minimum atomic E-state index is -0.206. The number of benzene rings is 2. The summed E-state index contributed by atoms with van der Waals surface area (Å²) in [6.45, 7) is 1.75. The van der Waals surface area contributed by atoms with Crippen LogP contribution in [0.25, 0.3) is 6.08 Å². The third kappa shape index (κ3) is 3.36. The molecule has 0 saturated heterocycles. The van der Waals surface area contributed by atoms with Crippen LogP contribution in [-0.4, -0.2) is 38.3 Å². The van der Waals surface area contributed by atoms with Crippen LogP contribution in [-0.2, 0) is 17.8 Å². The molecule has 1 N–H and O–H groups in total. The minimum absolute atomic E-state index is 0.118. The highest BCUT2D eigenvalue weighted by Gasteiger charge is 2.33. The Balaban J connectivity index is 1.68. The maximum absolute atomic E-state index is 12.6. The molecule has 0 fully saturated rings. The average molecular weight is 366 g/mol. The molecule has 2 heterocycles. The third-order valence-electron chi connectivity index (χ3n) is 4.84. The number of ether oxygens (including phenoxy) is 3. The quantitative estimate of drug-likeness (QED) is 0.843. The summed E-state index contributed by atoms with van der Waals surface area (Å²) >= 11 is 0. The number of rotatable bonds is 4. The minimum Gasteiger partial charge on any atom is -0.492 e. The fraction of sp³-hybridized carbons (Fsp3) is 0.286. The van der Waals surface area contributed by atoms with Crippen LogP contribution in [0.4, 0.5) is 5.69 Å². The van der Waals surface area contributed by atoms with Crippen molar-refractivity contribution >= 4 is 17.7 Å². The molecule has 2 aromatic rings. The monoisotopic (exact) mass is 366 g/mol. The van der Waals surface area contributed by atoms with Gasteiger partial charge in [0.25, 0.3) is 0 Å². The van der Waals surface area contributed by atoms with Gasteiger partial charge >= 0.3 is 0 Å². The molecule has 0 spiro atoms. The summed E-state index contributed by atoms with van der Waals surface area (Å²) in [6, 6.07) is 9.71. The lowest BCUT2D eigenvalue weighted by Gasteiger charge is -2.29. The first-order valence-corrected chi connectivity index (χ1v) is 8.91. The molecule has 0 radical (unpaired) electrons.